The lowest BCUT2D eigenvalue weighted by molar-refractivity contribution is 0.383. The van der Waals surface area contributed by atoms with Gasteiger partial charge in [0.15, 0.2) is 5.84 Å². The molecule has 9 rings (SSSR count). The molecule has 0 bridgehead atoms. The van der Waals surface area contributed by atoms with E-state index in [-0.39, 0.29) is 6.17 Å². The SMILES string of the molecule is CN1C(c2ccccc2)=NC(c2ccc(-n3c4ccccc4c4cc5c(cc43)sc3ccccc35)cc2)=NC1c1ccccc1. The van der Waals surface area contributed by atoms with E-state index in [1.807, 2.05) is 23.5 Å². The van der Waals surface area contributed by atoms with Crippen molar-refractivity contribution in [1.82, 2.24) is 9.47 Å². The topological polar surface area (TPSA) is 32.9 Å². The lowest BCUT2D eigenvalue weighted by Gasteiger charge is -2.32. The van der Waals surface area contributed by atoms with E-state index in [4.69, 9.17) is 9.98 Å². The summed E-state index contributed by atoms with van der Waals surface area (Å²) in [6.07, 6.45) is -0.172. The summed E-state index contributed by atoms with van der Waals surface area (Å²) in [5.74, 6) is 1.65. The van der Waals surface area contributed by atoms with Crippen molar-refractivity contribution in [2.75, 3.05) is 7.05 Å². The highest BCUT2D eigenvalue weighted by Crippen LogP contribution is 2.40. The van der Waals surface area contributed by atoms with Crippen molar-refractivity contribution in [3.63, 3.8) is 0 Å². The van der Waals surface area contributed by atoms with Gasteiger partial charge in [0, 0.05) is 54.8 Å². The van der Waals surface area contributed by atoms with Gasteiger partial charge in [0.1, 0.15) is 12.0 Å². The number of amidine groups is 2. The molecule has 0 N–H and O–H groups in total. The van der Waals surface area contributed by atoms with Crippen LogP contribution < -0.4 is 0 Å². The van der Waals surface area contributed by atoms with Crippen molar-refractivity contribution in [2.45, 2.75) is 6.17 Å². The Morgan fingerprint density at radius 1 is 0.556 bits per heavy atom. The first-order valence-corrected chi connectivity index (χ1v) is 16.0. The maximum absolute atomic E-state index is 5.18. The molecular weight excluding hydrogens is 569 g/mol. The second kappa shape index (κ2) is 10.3. The van der Waals surface area contributed by atoms with E-state index in [0.29, 0.717) is 0 Å². The first-order valence-electron chi connectivity index (χ1n) is 15.2. The van der Waals surface area contributed by atoms with Gasteiger partial charge in [-0.3, -0.25) is 0 Å². The van der Waals surface area contributed by atoms with Gasteiger partial charge in [-0.05, 0) is 54.1 Å². The van der Waals surface area contributed by atoms with Crippen LogP contribution in [0.5, 0.6) is 0 Å². The molecule has 3 heterocycles. The van der Waals surface area contributed by atoms with Gasteiger partial charge in [-0.1, -0.05) is 97.1 Å². The Balaban J connectivity index is 1.19. The number of para-hydroxylation sites is 1. The minimum Gasteiger partial charge on any atom is -0.333 e. The van der Waals surface area contributed by atoms with Crippen molar-refractivity contribution in [3.8, 4) is 5.69 Å². The van der Waals surface area contributed by atoms with Crippen molar-refractivity contribution < 1.29 is 0 Å². The fourth-order valence-corrected chi connectivity index (χ4v) is 7.79. The van der Waals surface area contributed by atoms with Crippen LogP contribution in [-0.4, -0.2) is 28.2 Å². The number of hydrogen-bond acceptors (Lipinski definition) is 4. The van der Waals surface area contributed by atoms with Crippen LogP contribution in [-0.2, 0) is 0 Å². The molecule has 1 atom stereocenters. The molecule has 1 unspecified atom stereocenters. The van der Waals surface area contributed by atoms with E-state index < -0.39 is 0 Å². The van der Waals surface area contributed by atoms with E-state index in [2.05, 4.69) is 150 Å². The Bertz CT molecular complexity index is 2430. The minimum absolute atomic E-state index is 0.172. The van der Waals surface area contributed by atoms with E-state index in [9.17, 15) is 0 Å². The number of aliphatic imine (C=N–C) groups is 2. The van der Waals surface area contributed by atoms with Crippen molar-refractivity contribution in [3.05, 3.63) is 162 Å². The molecule has 5 heteroatoms. The zero-order chi connectivity index (χ0) is 29.9. The largest absolute Gasteiger partial charge is 0.333 e. The highest BCUT2D eigenvalue weighted by molar-refractivity contribution is 7.25. The van der Waals surface area contributed by atoms with Gasteiger partial charge in [0.25, 0.3) is 0 Å². The smallest absolute Gasteiger partial charge is 0.159 e. The van der Waals surface area contributed by atoms with Crippen molar-refractivity contribution in [1.29, 1.82) is 0 Å². The van der Waals surface area contributed by atoms with E-state index in [1.54, 1.807) is 0 Å². The van der Waals surface area contributed by atoms with Gasteiger partial charge in [-0.15, -0.1) is 11.3 Å². The first-order chi connectivity index (χ1) is 22.2. The van der Waals surface area contributed by atoms with Gasteiger partial charge in [0.05, 0.1) is 11.0 Å². The lowest BCUT2D eigenvalue weighted by atomic mass is 10.1. The first kappa shape index (κ1) is 25.9. The van der Waals surface area contributed by atoms with Gasteiger partial charge < -0.3 is 9.47 Å². The molecule has 1 aliphatic heterocycles. The predicted octanol–water partition coefficient (Wildman–Crippen LogP) is 9.99. The van der Waals surface area contributed by atoms with Crippen molar-refractivity contribution >= 4 is 65.0 Å². The summed E-state index contributed by atoms with van der Waals surface area (Å²) in [4.78, 5) is 12.5. The molecule has 0 spiro atoms. The number of rotatable bonds is 4. The third kappa shape index (κ3) is 4.20. The number of hydrogen-bond donors (Lipinski definition) is 0. The molecular formula is C40H28N4S. The zero-order valence-corrected chi connectivity index (χ0v) is 25.4. The van der Waals surface area contributed by atoms with Crippen LogP contribution in [0.3, 0.4) is 0 Å². The summed E-state index contributed by atoms with van der Waals surface area (Å²) < 4.78 is 5.02. The number of thiophene rings is 1. The van der Waals surface area contributed by atoms with Crippen LogP contribution in [0, 0.1) is 0 Å². The lowest BCUT2D eigenvalue weighted by Crippen LogP contribution is -2.35. The molecule has 0 saturated heterocycles. The van der Waals surface area contributed by atoms with Gasteiger partial charge in [0.2, 0.25) is 0 Å². The summed E-state index contributed by atoms with van der Waals surface area (Å²) in [7, 11) is 2.07. The van der Waals surface area contributed by atoms with Gasteiger partial charge in [-0.2, -0.15) is 0 Å². The Morgan fingerprint density at radius 2 is 1.24 bits per heavy atom. The van der Waals surface area contributed by atoms with Crippen molar-refractivity contribution in [2.24, 2.45) is 9.98 Å². The van der Waals surface area contributed by atoms with Gasteiger partial charge >= 0.3 is 0 Å². The second-order valence-corrected chi connectivity index (χ2v) is 12.6. The molecule has 8 aromatic rings. The third-order valence-electron chi connectivity index (χ3n) is 8.84. The highest BCUT2D eigenvalue weighted by atomic mass is 32.1. The number of fused-ring (bicyclic) bond motifs is 6. The predicted molar refractivity (Wildman–Crippen MR) is 190 cm³/mol. The fraction of sp³-hybridized carbons (Fsp3) is 0.0500. The molecule has 0 saturated carbocycles. The molecule has 0 aliphatic carbocycles. The quantitative estimate of drug-likeness (QED) is 0.199. The molecule has 2 aromatic heterocycles. The molecule has 214 valence electrons. The monoisotopic (exact) mass is 596 g/mol. The van der Waals surface area contributed by atoms with E-state index >= 15 is 0 Å². The number of aromatic nitrogens is 1. The Labute approximate surface area is 264 Å². The molecule has 0 amide bonds. The van der Waals surface area contributed by atoms with Crippen LogP contribution in [0.25, 0.3) is 47.7 Å². The average Bonchev–Trinajstić information content (AvgIpc) is 3.63. The Kier molecular flexibility index (Phi) is 5.93. The van der Waals surface area contributed by atoms with E-state index in [0.717, 1.165) is 34.0 Å². The zero-order valence-electron chi connectivity index (χ0n) is 24.6. The molecule has 0 radical (unpaired) electrons. The van der Waals surface area contributed by atoms with E-state index in [1.165, 1.54) is 42.0 Å². The maximum Gasteiger partial charge on any atom is 0.159 e. The molecule has 0 fully saturated rings. The van der Waals surface area contributed by atoms with Crippen LogP contribution >= 0.6 is 11.3 Å². The number of nitrogens with zero attached hydrogens (tertiary/aromatic N) is 4. The molecule has 1 aliphatic rings. The summed E-state index contributed by atoms with van der Waals surface area (Å²) in [5.41, 5.74) is 6.73. The molecule has 4 nitrogen and oxygen atoms in total. The van der Waals surface area contributed by atoms with Crippen LogP contribution in [0.1, 0.15) is 22.9 Å². The number of benzene rings is 6. The van der Waals surface area contributed by atoms with Crippen LogP contribution in [0.15, 0.2) is 156 Å². The highest BCUT2D eigenvalue weighted by Gasteiger charge is 2.26. The summed E-state index contributed by atoms with van der Waals surface area (Å²) >= 11 is 1.86. The summed E-state index contributed by atoms with van der Waals surface area (Å²) in [6, 6.07) is 51.7. The Morgan fingerprint density at radius 3 is 2.04 bits per heavy atom. The Hall–Kier alpha value is -5.52. The van der Waals surface area contributed by atoms with Crippen LogP contribution in [0.4, 0.5) is 0 Å². The maximum atomic E-state index is 5.18. The molecule has 6 aromatic carbocycles. The third-order valence-corrected chi connectivity index (χ3v) is 9.98. The summed E-state index contributed by atoms with van der Waals surface area (Å²) in [6.45, 7) is 0. The summed E-state index contributed by atoms with van der Waals surface area (Å²) in [5, 5.41) is 5.18. The molecule has 45 heavy (non-hydrogen) atoms. The fourth-order valence-electron chi connectivity index (χ4n) is 6.67. The van der Waals surface area contributed by atoms with Gasteiger partial charge in [-0.25, -0.2) is 9.98 Å². The standard InChI is InChI=1S/C40H28N4S/c1-43-39(27-12-4-2-5-13-27)41-38(42-40(43)28-14-6-3-7-15-28)26-20-22-29(23-21-26)44-34-18-10-8-16-30(34)32-24-33-31-17-9-11-19-36(31)45-37(33)25-35(32)44/h2-25,39H,1H3. The second-order valence-electron chi connectivity index (χ2n) is 11.5. The van der Waals surface area contributed by atoms with Crippen LogP contribution in [0.2, 0.25) is 0 Å². The normalized spacial score (nSPS) is 15.2. The minimum atomic E-state index is -0.172. The average molecular weight is 597 g/mol.